The van der Waals surface area contributed by atoms with Crippen molar-refractivity contribution in [2.24, 2.45) is 0 Å². The molecular weight excluding hydrogens is 358 g/mol. The number of rotatable bonds is 4. The van der Waals surface area contributed by atoms with Crippen molar-refractivity contribution in [3.05, 3.63) is 35.4 Å². The van der Waals surface area contributed by atoms with Crippen molar-refractivity contribution >= 4 is 27.7 Å². The van der Waals surface area contributed by atoms with Crippen molar-refractivity contribution in [2.45, 2.75) is 18.8 Å². The molecule has 1 aromatic heterocycles. The predicted octanol–water partition coefficient (Wildman–Crippen LogP) is 3.04. The lowest BCUT2D eigenvalue weighted by Gasteiger charge is -2.11. The Labute approximate surface area is 142 Å². The smallest absolute Gasteiger partial charge is 0.236 e. The van der Waals surface area contributed by atoms with Gasteiger partial charge in [-0.15, -0.1) is 16.6 Å². The maximum Gasteiger partial charge on any atom is 0.236 e. The zero-order valence-electron chi connectivity index (χ0n) is 12.2. The van der Waals surface area contributed by atoms with E-state index in [4.69, 9.17) is 6.42 Å². The number of anilines is 1. The summed E-state index contributed by atoms with van der Waals surface area (Å²) in [4.78, 5) is 11.5. The highest BCUT2D eigenvalue weighted by Gasteiger charge is 2.29. The Kier molecular flexibility index (Phi) is 4.30. The first-order valence-corrected chi connectivity index (χ1v) is 8.28. The van der Waals surface area contributed by atoms with E-state index >= 15 is 0 Å². The van der Waals surface area contributed by atoms with Crippen LogP contribution in [0.1, 0.15) is 29.9 Å². The fraction of sp³-hybridized carbons (Fsp3) is 0.235. The minimum atomic E-state index is -0.185. The van der Waals surface area contributed by atoms with Crippen molar-refractivity contribution in [1.82, 2.24) is 10.2 Å². The van der Waals surface area contributed by atoms with Gasteiger partial charge in [-0.2, -0.15) is 0 Å². The third-order valence-corrected chi connectivity index (χ3v) is 4.16. The summed E-state index contributed by atoms with van der Waals surface area (Å²) in [5.74, 6) is 3.18. The molecular formula is C17H14BrN3O2. The molecule has 1 saturated carbocycles. The molecule has 1 fully saturated rings. The van der Waals surface area contributed by atoms with Crippen molar-refractivity contribution in [3.63, 3.8) is 0 Å². The van der Waals surface area contributed by atoms with Gasteiger partial charge in [0, 0.05) is 11.1 Å². The molecule has 6 heteroatoms. The van der Waals surface area contributed by atoms with Crippen LogP contribution in [0.25, 0.3) is 11.3 Å². The van der Waals surface area contributed by atoms with E-state index in [-0.39, 0.29) is 17.0 Å². The van der Waals surface area contributed by atoms with Gasteiger partial charge in [0.1, 0.15) is 11.4 Å². The van der Waals surface area contributed by atoms with Crippen LogP contribution in [-0.2, 0) is 4.79 Å². The number of amides is 1. The lowest BCUT2D eigenvalue weighted by molar-refractivity contribution is -0.113. The number of terminal acetylenes is 1. The van der Waals surface area contributed by atoms with Crippen LogP contribution < -0.4 is 5.32 Å². The molecule has 1 aliphatic rings. The number of halogens is 1. The predicted molar refractivity (Wildman–Crippen MR) is 91.5 cm³/mol. The number of aromatic hydroxyl groups is 1. The number of nitrogens with zero attached hydrogens (tertiary/aromatic N) is 2. The average molecular weight is 372 g/mol. The van der Waals surface area contributed by atoms with Crippen LogP contribution in [0.3, 0.4) is 0 Å². The van der Waals surface area contributed by atoms with Crippen LogP contribution in [0.15, 0.2) is 24.3 Å². The molecule has 0 aliphatic heterocycles. The normalized spacial score (nSPS) is 13.4. The number of hydrogen-bond acceptors (Lipinski definition) is 4. The van der Waals surface area contributed by atoms with E-state index in [1.807, 2.05) is 6.07 Å². The Hall–Kier alpha value is -2.39. The Morgan fingerprint density at radius 1 is 1.39 bits per heavy atom. The molecule has 1 aliphatic carbocycles. The van der Waals surface area contributed by atoms with Crippen LogP contribution in [0, 0.1) is 12.3 Å². The van der Waals surface area contributed by atoms with Crippen LogP contribution in [0.4, 0.5) is 5.82 Å². The highest BCUT2D eigenvalue weighted by molar-refractivity contribution is 9.09. The van der Waals surface area contributed by atoms with Crippen molar-refractivity contribution in [1.29, 1.82) is 0 Å². The van der Waals surface area contributed by atoms with Crippen molar-refractivity contribution < 1.29 is 9.90 Å². The summed E-state index contributed by atoms with van der Waals surface area (Å²) >= 11 is 3.10. The van der Waals surface area contributed by atoms with Gasteiger partial charge < -0.3 is 10.4 Å². The monoisotopic (exact) mass is 371 g/mol. The summed E-state index contributed by atoms with van der Waals surface area (Å²) in [6, 6.07) is 6.87. The lowest BCUT2D eigenvalue weighted by atomic mass is 10.0. The molecule has 116 valence electrons. The van der Waals surface area contributed by atoms with E-state index in [1.165, 1.54) is 6.07 Å². The molecule has 1 amide bonds. The summed E-state index contributed by atoms with van der Waals surface area (Å²) in [6.45, 7) is 0. The molecule has 1 heterocycles. The van der Waals surface area contributed by atoms with Gasteiger partial charge >= 0.3 is 0 Å². The molecule has 0 radical (unpaired) electrons. The highest BCUT2D eigenvalue weighted by atomic mass is 79.9. The van der Waals surface area contributed by atoms with Gasteiger partial charge in [0.25, 0.3) is 0 Å². The fourth-order valence-electron chi connectivity index (χ4n) is 2.38. The van der Waals surface area contributed by atoms with Crippen LogP contribution in [0.5, 0.6) is 5.75 Å². The molecule has 0 atom stereocenters. The SMILES string of the molecule is C#Cc1ccc(-c2nnc(NC(=O)CBr)cc2C2CC2)c(O)c1. The quantitative estimate of drug-likeness (QED) is 0.639. The molecule has 0 saturated heterocycles. The summed E-state index contributed by atoms with van der Waals surface area (Å²) in [5.41, 5.74) is 2.81. The van der Waals surface area contributed by atoms with E-state index < -0.39 is 0 Å². The fourth-order valence-corrected chi connectivity index (χ4v) is 2.52. The average Bonchev–Trinajstić information content (AvgIpc) is 3.39. The van der Waals surface area contributed by atoms with Gasteiger partial charge in [0.05, 0.1) is 5.33 Å². The van der Waals surface area contributed by atoms with Gasteiger partial charge in [-0.05, 0) is 48.6 Å². The van der Waals surface area contributed by atoms with Gasteiger partial charge in [-0.25, -0.2) is 0 Å². The second-order valence-electron chi connectivity index (χ2n) is 5.37. The summed E-state index contributed by atoms with van der Waals surface area (Å²) in [7, 11) is 0. The third-order valence-electron chi connectivity index (χ3n) is 3.65. The van der Waals surface area contributed by atoms with Crippen LogP contribution in [-0.4, -0.2) is 26.5 Å². The number of hydrogen-bond donors (Lipinski definition) is 2. The first-order chi connectivity index (χ1) is 11.1. The third kappa shape index (κ3) is 3.35. The molecule has 1 aromatic carbocycles. The summed E-state index contributed by atoms with van der Waals surface area (Å²) in [5, 5.41) is 21.4. The number of phenols is 1. The molecule has 0 spiro atoms. The zero-order chi connectivity index (χ0) is 16.4. The van der Waals surface area contributed by atoms with Crippen LogP contribution in [0.2, 0.25) is 0 Å². The van der Waals surface area contributed by atoms with Crippen LogP contribution >= 0.6 is 15.9 Å². The summed E-state index contributed by atoms with van der Waals surface area (Å²) < 4.78 is 0. The molecule has 0 bridgehead atoms. The maximum atomic E-state index is 11.5. The van der Waals surface area contributed by atoms with E-state index in [2.05, 4.69) is 37.4 Å². The molecule has 5 nitrogen and oxygen atoms in total. The number of alkyl halides is 1. The lowest BCUT2D eigenvalue weighted by Crippen LogP contribution is -2.14. The Morgan fingerprint density at radius 3 is 2.78 bits per heavy atom. The van der Waals surface area contributed by atoms with E-state index in [9.17, 15) is 9.90 Å². The zero-order valence-corrected chi connectivity index (χ0v) is 13.8. The number of benzene rings is 1. The highest BCUT2D eigenvalue weighted by Crippen LogP contribution is 2.45. The van der Waals surface area contributed by atoms with Gasteiger partial charge in [-0.3, -0.25) is 4.79 Å². The van der Waals surface area contributed by atoms with Gasteiger partial charge in [-0.1, -0.05) is 21.9 Å². The van der Waals surface area contributed by atoms with Gasteiger partial charge in [0.15, 0.2) is 5.82 Å². The van der Waals surface area contributed by atoms with E-state index in [0.29, 0.717) is 28.6 Å². The van der Waals surface area contributed by atoms with E-state index in [0.717, 1.165) is 18.4 Å². The standard InChI is InChI=1S/C17H14BrN3O2/c1-2-10-3-6-12(14(22)7-10)17-13(11-4-5-11)8-15(20-21-17)19-16(23)9-18/h1,3,6-8,11,22H,4-5,9H2,(H,19,20,23). The first kappa shape index (κ1) is 15.5. The van der Waals surface area contributed by atoms with Crippen molar-refractivity contribution in [3.8, 4) is 29.4 Å². The Bertz CT molecular complexity index is 810. The summed E-state index contributed by atoms with van der Waals surface area (Å²) in [6.07, 6.45) is 7.47. The minimum absolute atomic E-state index is 0.0777. The van der Waals surface area contributed by atoms with E-state index in [1.54, 1.807) is 12.1 Å². The molecule has 3 rings (SSSR count). The largest absolute Gasteiger partial charge is 0.507 e. The molecule has 0 unspecified atom stereocenters. The second-order valence-corrected chi connectivity index (χ2v) is 5.93. The number of aromatic nitrogens is 2. The number of carbonyl (C=O) groups excluding carboxylic acids is 1. The molecule has 2 N–H and O–H groups in total. The minimum Gasteiger partial charge on any atom is -0.507 e. The van der Waals surface area contributed by atoms with Crippen molar-refractivity contribution in [2.75, 3.05) is 10.6 Å². The molecule has 2 aromatic rings. The Balaban J connectivity index is 2.02. The number of nitrogens with one attached hydrogen (secondary N) is 1. The Morgan fingerprint density at radius 2 is 2.17 bits per heavy atom. The topological polar surface area (TPSA) is 75.1 Å². The van der Waals surface area contributed by atoms with Gasteiger partial charge in [0.2, 0.25) is 5.91 Å². The maximum absolute atomic E-state index is 11.5. The first-order valence-electron chi connectivity index (χ1n) is 7.15. The number of phenolic OH excluding ortho intramolecular Hbond substituents is 1. The second kappa shape index (κ2) is 6.39. The molecule has 23 heavy (non-hydrogen) atoms. The number of carbonyl (C=O) groups is 1.